The van der Waals surface area contributed by atoms with Gasteiger partial charge >= 0.3 is 6.03 Å². The van der Waals surface area contributed by atoms with Crippen LogP contribution in [0.3, 0.4) is 0 Å². The minimum Gasteiger partial charge on any atom is -0.493 e. The Hall–Kier alpha value is -3.42. The Morgan fingerprint density at radius 2 is 1.47 bits per heavy atom. The second kappa shape index (κ2) is 9.87. The molecule has 0 saturated carbocycles. The highest BCUT2D eigenvalue weighted by atomic mass is 16.5. The molecular formula is C22H27N3O5. The number of anilines is 2. The van der Waals surface area contributed by atoms with E-state index in [4.69, 9.17) is 14.2 Å². The van der Waals surface area contributed by atoms with Crippen LogP contribution in [0, 0.1) is 5.92 Å². The summed E-state index contributed by atoms with van der Waals surface area (Å²) < 4.78 is 16.0. The molecular weight excluding hydrogens is 386 g/mol. The van der Waals surface area contributed by atoms with Crippen molar-refractivity contribution in [1.82, 2.24) is 4.90 Å². The van der Waals surface area contributed by atoms with Gasteiger partial charge in [-0.1, -0.05) is 18.2 Å². The molecule has 1 aliphatic heterocycles. The summed E-state index contributed by atoms with van der Waals surface area (Å²) in [6.45, 7) is 1.04. The van der Waals surface area contributed by atoms with Gasteiger partial charge in [-0.05, 0) is 25.0 Å². The monoisotopic (exact) mass is 413 g/mol. The minimum atomic E-state index is -0.176. The van der Waals surface area contributed by atoms with Crippen LogP contribution < -0.4 is 24.8 Å². The summed E-state index contributed by atoms with van der Waals surface area (Å²) in [6.07, 6.45) is 1.19. The summed E-state index contributed by atoms with van der Waals surface area (Å²) in [6, 6.07) is 12.6. The summed E-state index contributed by atoms with van der Waals surface area (Å²) >= 11 is 0. The molecule has 2 aromatic rings. The van der Waals surface area contributed by atoms with Crippen molar-refractivity contribution in [3.8, 4) is 17.2 Å². The third kappa shape index (κ3) is 4.94. The fourth-order valence-corrected chi connectivity index (χ4v) is 3.47. The molecule has 30 heavy (non-hydrogen) atoms. The average molecular weight is 413 g/mol. The van der Waals surface area contributed by atoms with Crippen LogP contribution in [0.15, 0.2) is 42.5 Å². The third-order valence-corrected chi connectivity index (χ3v) is 5.11. The zero-order valence-corrected chi connectivity index (χ0v) is 17.4. The van der Waals surface area contributed by atoms with Gasteiger partial charge in [0.2, 0.25) is 11.7 Å². The van der Waals surface area contributed by atoms with Crippen LogP contribution in [0.2, 0.25) is 0 Å². The first-order valence-electron chi connectivity index (χ1n) is 9.77. The number of ether oxygens (including phenoxy) is 3. The van der Waals surface area contributed by atoms with Gasteiger partial charge in [0.15, 0.2) is 11.5 Å². The number of methoxy groups -OCH3 is 3. The number of carbonyl (C=O) groups is 2. The van der Waals surface area contributed by atoms with Crippen molar-refractivity contribution < 1.29 is 23.8 Å². The molecule has 0 aromatic heterocycles. The highest BCUT2D eigenvalue weighted by Gasteiger charge is 2.28. The van der Waals surface area contributed by atoms with E-state index >= 15 is 0 Å². The molecule has 0 atom stereocenters. The molecule has 1 saturated heterocycles. The number of hydrogen-bond acceptors (Lipinski definition) is 5. The lowest BCUT2D eigenvalue weighted by Gasteiger charge is -2.31. The molecule has 1 fully saturated rings. The molecule has 1 heterocycles. The van der Waals surface area contributed by atoms with Crippen LogP contribution >= 0.6 is 0 Å². The molecule has 1 aliphatic rings. The number of likely N-dealkylation sites (tertiary alicyclic amines) is 1. The van der Waals surface area contributed by atoms with Gasteiger partial charge < -0.3 is 29.7 Å². The molecule has 0 radical (unpaired) electrons. The molecule has 3 amide bonds. The van der Waals surface area contributed by atoms with Crippen LogP contribution in [0.4, 0.5) is 16.2 Å². The van der Waals surface area contributed by atoms with Crippen molar-refractivity contribution in [1.29, 1.82) is 0 Å². The maximum absolute atomic E-state index is 12.7. The standard InChI is InChI=1S/C22H27N3O5/c1-28-18-13-17(14-19(29-2)20(18)30-3)23-21(26)15-9-11-25(12-10-15)22(27)24-16-7-5-4-6-8-16/h4-8,13-15H,9-12H2,1-3H3,(H,23,26)(H,24,27). The topological polar surface area (TPSA) is 89.1 Å². The zero-order chi connectivity index (χ0) is 21.5. The Morgan fingerprint density at radius 1 is 0.867 bits per heavy atom. The Labute approximate surface area is 176 Å². The molecule has 0 aliphatic carbocycles. The van der Waals surface area contributed by atoms with E-state index in [0.717, 1.165) is 5.69 Å². The number of urea groups is 1. The molecule has 8 nitrogen and oxygen atoms in total. The van der Waals surface area contributed by atoms with Gasteiger partial charge in [0, 0.05) is 42.5 Å². The highest BCUT2D eigenvalue weighted by Crippen LogP contribution is 2.40. The van der Waals surface area contributed by atoms with Crippen molar-refractivity contribution in [3.63, 3.8) is 0 Å². The van der Waals surface area contributed by atoms with Crippen LogP contribution in [-0.4, -0.2) is 51.3 Å². The molecule has 3 rings (SSSR count). The van der Waals surface area contributed by atoms with E-state index in [2.05, 4.69) is 10.6 Å². The zero-order valence-electron chi connectivity index (χ0n) is 17.4. The number of amides is 3. The quantitative estimate of drug-likeness (QED) is 0.755. The lowest BCUT2D eigenvalue weighted by molar-refractivity contribution is -0.121. The number of nitrogens with zero attached hydrogens (tertiary/aromatic N) is 1. The van der Waals surface area contributed by atoms with E-state index in [1.54, 1.807) is 17.0 Å². The number of piperidine rings is 1. The maximum atomic E-state index is 12.7. The Balaban J connectivity index is 1.57. The van der Waals surface area contributed by atoms with Gasteiger partial charge in [0.1, 0.15) is 0 Å². The first-order valence-corrected chi connectivity index (χ1v) is 9.77. The lowest BCUT2D eigenvalue weighted by atomic mass is 9.96. The van der Waals surface area contributed by atoms with Crippen molar-refractivity contribution in [2.45, 2.75) is 12.8 Å². The average Bonchev–Trinajstić information content (AvgIpc) is 2.79. The SMILES string of the molecule is COc1cc(NC(=O)C2CCN(C(=O)Nc3ccccc3)CC2)cc(OC)c1OC. The second-order valence-electron chi connectivity index (χ2n) is 6.96. The number of benzene rings is 2. The van der Waals surface area contributed by atoms with Gasteiger partial charge in [-0.2, -0.15) is 0 Å². The summed E-state index contributed by atoms with van der Waals surface area (Å²) in [7, 11) is 4.58. The second-order valence-corrected chi connectivity index (χ2v) is 6.96. The molecule has 0 bridgehead atoms. The van der Waals surface area contributed by atoms with Crippen LogP contribution in [0.25, 0.3) is 0 Å². The summed E-state index contributed by atoms with van der Waals surface area (Å²) in [5.41, 5.74) is 1.32. The first kappa shape index (κ1) is 21.3. The number of nitrogens with one attached hydrogen (secondary N) is 2. The first-order chi connectivity index (χ1) is 14.5. The van der Waals surface area contributed by atoms with E-state index in [0.29, 0.717) is 48.9 Å². The van der Waals surface area contributed by atoms with Crippen LogP contribution in [-0.2, 0) is 4.79 Å². The number of carbonyl (C=O) groups excluding carboxylic acids is 2. The fourth-order valence-electron chi connectivity index (χ4n) is 3.47. The number of para-hydroxylation sites is 1. The number of rotatable bonds is 6. The van der Waals surface area contributed by atoms with Crippen molar-refractivity contribution in [2.75, 3.05) is 45.1 Å². The van der Waals surface area contributed by atoms with Crippen molar-refractivity contribution in [3.05, 3.63) is 42.5 Å². The van der Waals surface area contributed by atoms with Crippen molar-refractivity contribution in [2.24, 2.45) is 5.92 Å². The summed E-state index contributed by atoms with van der Waals surface area (Å²) in [5, 5.41) is 5.80. The fraction of sp³-hybridized carbons (Fsp3) is 0.364. The van der Waals surface area contributed by atoms with Gasteiger partial charge in [0.25, 0.3) is 0 Å². The predicted octanol–water partition coefficient (Wildman–Crippen LogP) is 3.60. The minimum absolute atomic E-state index is 0.0904. The molecule has 0 spiro atoms. The molecule has 8 heteroatoms. The van der Waals surface area contributed by atoms with E-state index in [9.17, 15) is 9.59 Å². The highest BCUT2D eigenvalue weighted by molar-refractivity contribution is 5.94. The largest absolute Gasteiger partial charge is 0.493 e. The smallest absolute Gasteiger partial charge is 0.321 e. The van der Waals surface area contributed by atoms with Gasteiger partial charge in [-0.3, -0.25) is 4.79 Å². The van der Waals surface area contributed by atoms with E-state index in [-0.39, 0.29) is 17.9 Å². The summed E-state index contributed by atoms with van der Waals surface area (Å²) in [5.74, 6) is 1.15. The van der Waals surface area contributed by atoms with Crippen LogP contribution in [0.1, 0.15) is 12.8 Å². The molecule has 0 unspecified atom stereocenters. The van der Waals surface area contributed by atoms with Crippen molar-refractivity contribution >= 4 is 23.3 Å². The number of hydrogen-bond donors (Lipinski definition) is 2. The molecule has 160 valence electrons. The van der Waals surface area contributed by atoms with E-state index in [1.165, 1.54) is 21.3 Å². The summed E-state index contributed by atoms with van der Waals surface area (Å²) in [4.78, 5) is 26.9. The maximum Gasteiger partial charge on any atom is 0.321 e. The lowest BCUT2D eigenvalue weighted by Crippen LogP contribution is -2.43. The van der Waals surface area contributed by atoms with E-state index < -0.39 is 0 Å². The Morgan fingerprint density at radius 3 is 2.00 bits per heavy atom. The van der Waals surface area contributed by atoms with Gasteiger partial charge in [0.05, 0.1) is 21.3 Å². The predicted molar refractivity (Wildman–Crippen MR) is 114 cm³/mol. The van der Waals surface area contributed by atoms with E-state index in [1.807, 2.05) is 30.3 Å². The third-order valence-electron chi connectivity index (χ3n) is 5.11. The van der Waals surface area contributed by atoms with Gasteiger partial charge in [-0.25, -0.2) is 4.79 Å². The van der Waals surface area contributed by atoms with Gasteiger partial charge in [-0.15, -0.1) is 0 Å². The van der Waals surface area contributed by atoms with Crippen LogP contribution in [0.5, 0.6) is 17.2 Å². The Bertz CT molecular complexity index is 855. The Kier molecular flexibility index (Phi) is 7.00. The normalized spacial score (nSPS) is 14.0. The molecule has 2 aromatic carbocycles. The molecule has 2 N–H and O–H groups in total.